The fourth-order valence-corrected chi connectivity index (χ4v) is 3.25. The molecule has 1 aromatic carbocycles. The molecule has 3 atom stereocenters. The van der Waals surface area contributed by atoms with Crippen molar-refractivity contribution in [2.24, 2.45) is 17.6 Å². The van der Waals surface area contributed by atoms with E-state index in [1.165, 1.54) is 24.0 Å². The molecule has 0 saturated heterocycles. The molecule has 0 radical (unpaired) electrons. The lowest BCUT2D eigenvalue weighted by atomic mass is 9.95. The van der Waals surface area contributed by atoms with Crippen LogP contribution in [0.3, 0.4) is 0 Å². The fraction of sp³-hybridized carbons (Fsp3) is 0.588. The van der Waals surface area contributed by atoms with Crippen LogP contribution in [0.15, 0.2) is 24.3 Å². The van der Waals surface area contributed by atoms with Gasteiger partial charge in [0, 0.05) is 12.5 Å². The quantitative estimate of drug-likeness (QED) is 0.879. The van der Waals surface area contributed by atoms with Crippen LogP contribution in [0, 0.1) is 18.8 Å². The molecule has 1 aromatic rings. The summed E-state index contributed by atoms with van der Waals surface area (Å²) in [6, 6.07) is 8.38. The van der Waals surface area contributed by atoms with Crippen LogP contribution in [-0.4, -0.2) is 18.0 Å². The molecule has 1 amide bonds. The van der Waals surface area contributed by atoms with Crippen molar-refractivity contribution < 1.29 is 4.79 Å². The van der Waals surface area contributed by atoms with Crippen molar-refractivity contribution in [3.63, 3.8) is 0 Å². The van der Waals surface area contributed by atoms with Gasteiger partial charge in [0.2, 0.25) is 5.91 Å². The molecule has 0 aliphatic heterocycles. The Hall–Kier alpha value is -1.06. The van der Waals surface area contributed by atoms with Crippen LogP contribution in [0.2, 0.25) is 0 Å². The molecule has 4 heteroatoms. The molecule has 3 nitrogen and oxygen atoms in total. The molecule has 116 valence electrons. The minimum absolute atomic E-state index is 0. The van der Waals surface area contributed by atoms with Crippen molar-refractivity contribution in [3.05, 3.63) is 35.4 Å². The standard InChI is InChI=1S/C17H24N2O.ClH/c1-11-5-3-4-6-13(11)14-9-15(14)16(20)19-17(2,10-18)12-7-8-12;/h3-6,12,14-15H,7-10,18H2,1-2H3,(H,19,20);1H. The number of carbonyl (C=O) groups is 1. The van der Waals surface area contributed by atoms with Crippen LogP contribution in [0.1, 0.15) is 43.2 Å². The molecule has 0 bridgehead atoms. The van der Waals surface area contributed by atoms with Crippen molar-refractivity contribution in [3.8, 4) is 0 Å². The van der Waals surface area contributed by atoms with Gasteiger partial charge in [0.1, 0.15) is 0 Å². The Kier molecular flexibility index (Phi) is 4.64. The van der Waals surface area contributed by atoms with Crippen LogP contribution in [0.4, 0.5) is 0 Å². The predicted octanol–water partition coefficient (Wildman–Crippen LogP) is 2.76. The first-order valence-electron chi connectivity index (χ1n) is 7.63. The minimum Gasteiger partial charge on any atom is -0.349 e. The van der Waals surface area contributed by atoms with Gasteiger partial charge in [-0.05, 0) is 56.1 Å². The van der Waals surface area contributed by atoms with E-state index in [9.17, 15) is 4.79 Å². The van der Waals surface area contributed by atoms with Gasteiger partial charge in [0.05, 0.1) is 5.54 Å². The maximum absolute atomic E-state index is 12.4. The van der Waals surface area contributed by atoms with E-state index in [1.54, 1.807) is 0 Å². The van der Waals surface area contributed by atoms with Crippen molar-refractivity contribution >= 4 is 18.3 Å². The molecule has 0 spiro atoms. The monoisotopic (exact) mass is 308 g/mol. The summed E-state index contributed by atoms with van der Waals surface area (Å²) < 4.78 is 0. The van der Waals surface area contributed by atoms with Gasteiger partial charge in [-0.25, -0.2) is 0 Å². The highest BCUT2D eigenvalue weighted by Crippen LogP contribution is 2.49. The van der Waals surface area contributed by atoms with E-state index < -0.39 is 0 Å². The number of hydrogen-bond donors (Lipinski definition) is 2. The molecule has 0 heterocycles. The SMILES string of the molecule is Cc1ccccc1C1CC1C(=O)NC(C)(CN)C1CC1.Cl. The van der Waals surface area contributed by atoms with E-state index in [1.807, 2.05) is 0 Å². The topological polar surface area (TPSA) is 55.1 Å². The number of amides is 1. The van der Waals surface area contributed by atoms with Gasteiger partial charge >= 0.3 is 0 Å². The highest BCUT2D eigenvalue weighted by atomic mass is 35.5. The van der Waals surface area contributed by atoms with Crippen LogP contribution in [0.25, 0.3) is 0 Å². The van der Waals surface area contributed by atoms with Crippen LogP contribution < -0.4 is 11.1 Å². The van der Waals surface area contributed by atoms with Gasteiger partial charge in [-0.15, -0.1) is 12.4 Å². The minimum atomic E-state index is -0.198. The summed E-state index contributed by atoms with van der Waals surface area (Å²) >= 11 is 0. The Morgan fingerprint density at radius 1 is 1.38 bits per heavy atom. The highest BCUT2D eigenvalue weighted by molar-refractivity contribution is 5.85. The third kappa shape index (κ3) is 3.24. The second kappa shape index (κ2) is 5.98. The Labute approximate surface area is 133 Å². The Morgan fingerprint density at radius 3 is 2.62 bits per heavy atom. The largest absolute Gasteiger partial charge is 0.349 e. The third-order valence-corrected chi connectivity index (χ3v) is 5.03. The molecule has 2 aliphatic rings. The molecule has 2 aliphatic carbocycles. The molecule has 2 saturated carbocycles. The van der Waals surface area contributed by atoms with E-state index in [4.69, 9.17) is 5.73 Å². The van der Waals surface area contributed by atoms with Crippen molar-refractivity contribution in [1.29, 1.82) is 0 Å². The average Bonchev–Trinajstić information content (AvgIpc) is 3.29. The third-order valence-electron chi connectivity index (χ3n) is 5.03. The molecular weight excluding hydrogens is 284 g/mol. The van der Waals surface area contributed by atoms with Crippen LogP contribution in [0.5, 0.6) is 0 Å². The first kappa shape index (κ1) is 16.3. The number of benzene rings is 1. The summed E-state index contributed by atoms with van der Waals surface area (Å²) in [6.07, 6.45) is 3.36. The van der Waals surface area contributed by atoms with Gasteiger partial charge in [-0.3, -0.25) is 4.79 Å². The van der Waals surface area contributed by atoms with Gasteiger partial charge in [0.15, 0.2) is 0 Å². The Balaban J connectivity index is 0.00000161. The molecule has 3 unspecified atom stereocenters. The van der Waals surface area contributed by atoms with Crippen molar-refractivity contribution in [1.82, 2.24) is 5.32 Å². The summed E-state index contributed by atoms with van der Waals surface area (Å²) in [6.45, 7) is 4.75. The molecule has 2 fully saturated rings. The van der Waals surface area contributed by atoms with E-state index >= 15 is 0 Å². The van der Waals surface area contributed by atoms with Crippen LogP contribution >= 0.6 is 12.4 Å². The van der Waals surface area contributed by atoms with Gasteiger partial charge < -0.3 is 11.1 Å². The Morgan fingerprint density at radius 2 is 2.05 bits per heavy atom. The summed E-state index contributed by atoms with van der Waals surface area (Å²) in [7, 11) is 0. The number of nitrogens with two attached hydrogens (primary N) is 1. The number of aryl methyl sites for hydroxylation is 1. The first-order chi connectivity index (χ1) is 9.55. The number of halogens is 1. The molecule has 3 rings (SSSR count). The van der Waals surface area contributed by atoms with Gasteiger partial charge in [-0.2, -0.15) is 0 Å². The van der Waals surface area contributed by atoms with E-state index in [0.717, 1.165) is 6.42 Å². The smallest absolute Gasteiger partial charge is 0.224 e. The molecule has 21 heavy (non-hydrogen) atoms. The molecule has 0 aromatic heterocycles. The molecular formula is C17H25ClN2O. The highest BCUT2D eigenvalue weighted by Gasteiger charge is 2.48. The van der Waals surface area contributed by atoms with E-state index in [-0.39, 0.29) is 29.8 Å². The maximum Gasteiger partial charge on any atom is 0.224 e. The lowest BCUT2D eigenvalue weighted by Crippen LogP contribution is -2.53. The summed E-state index contributed by atoms with van der Waals surface area (Å²) in [4.78, 5) is 12.4. The lowest BCUT2D eigenvalue weighted by Gasteiger charge is -2.29. The second-order valence-electron chi connectivity index (χ2n) is 6.69. The zero-order valence-electron chi connectivity index (χ0n) is 12.8. The first-order valence-corrected chi connectivity index (χ1v) is 7.63. The number of hydrogen-bond acceptors (Lipinski definition) is 2. The summed E-state index contributed by atoms with van der Waals surface area (Å²) in [5.41, 5.74) is 8.29. The predicted molar refractivity (Wildman–Crippen MR) is 87.6 cm³/mol. The second-order valence-corrected chi connectivity index (χ2v) is 6.69. The number of rotatable bonds is 5. The van der Waals surface area contributed by atoms with E-state index in [2.05, 4.69) is 43.4 Å². The zero-order chi connectivity index (χ0) is 14.3. The van der Waals surface area contributed by atoms with Gasteiger partial charge in [-0.1, -0.05) is 24.3 Å². The van der Waals surface area contributed by atoms with E-state index in [0.29, 0.717) is 18.4 Å². The number of carbonyl (C=O) groups excluding carboxylic acids is 1. The van der Waals surface area contributed by atoms with Gasteiger partial charge in [0.25, 0.3) is 0 Å². The fourth-order valence-electron chi connectivity index (χ4n) is 3.25. The number of nitrogens with one attached hydrogen (secondary N) is 1. The Bertz CT molecular complexity index is 529. The average molecular weight is 309 g/mol. The maximum atomic E-state index is 12.4. The van der Waals surface area contributed by atoms with Crippen LogP contribution in [-0.2, 0) is 4.79 Å². The van der Waals surface area contributed by atoms with Crippen molar-refractivity contribution in [2.45, 2.75) is 44.6 Å². The normalized spacial score (nSPS) is 26.4. The molecule has 3 N–H and O–H groups in total. The summed E-state index contributed by atoms with van der Waals surface area (Å²) in [5, 5.41) is 3.22. The zero-order valence-corrected chi connectivity index (χ0v) is 13.6. The summed E-state index contributed by atoms with van der Waals surface area (Å²) in [5.74, 6) is 1.31. The van der Waals surface area contributed by atoms with Crippen molar-refractivity contribution in [2.75, 3.05) is 6.54 Å². The lowest BCUT2D eigenvalue weighted by molar-refractivity contribution is -0.124.